The average Bonchev–Trinajstić information content (AvgIpc) is 2.90. The summed E-state index contributed by atoms with van der Waals surface area (Å²) in [6.07, 6.45) is 39.1. The summed E-state index contributed by atoms with van der Waals surface area (Å²) >= 11 is 0. The van der Waals surface area contributed by atoms with Crippen molar-refractivity contribution >= 4 is 0 Å². The Morgan fingerprint density at radius 3 is 0.861 bits per heavy atom. The molecule has 0 aromatic carbocycles. The van der Waals surface area contributed by atoms with E-state index in [1.165, 1.54) is 206 Å². The van der Waals surface area contributed by atoms with E-state index in [0.717, 1.165) is 11.8 Å². The van der Waals surface area contributed by atoms with Gasteiger partial charge < -0.3 is 9.80 Å². The molecule has 4 atom stereocenters. The van der Waals surface area contributed by atoms with E-state index in [1.807, 2.05) is 9.80 Å². The lowest BCUT2D eigenvalue weighted by Crippen LogP contribution is -3.13. The molecule has 2 N–H and O–H groups in total. The topological polar surface area (TPSA) is 8.88 Å². The van der Waals surface area contributed by atoms with Crippen LogP contribution >= 0.6 is 0 Å². The van der Waals surface area contributed by atoms with E-state index in [4.69, 9.17) is 0 Å². The fourth-order valence-corrected chi connectivity index (χ4v) is 7.90. The maximum atomic E-state index is 1.95. The number of fused-ring (bicyclic) bond motifs is 4. The summed E-state index contributed by atoms with van der Waals surface area (Å²) in [6.45, 7) is 8.88. The second-order valence-electron chi connectivity index (χ2n) is 13.6. The average molecular weight is 505 g/mol. The SMILES string of the molecule is C1CCCCCCC[NH+]2CCCC(CCCCCCCCCC[NH+]3CCCC(CCCCCC1)C3)C2. The first-order valence-electron chi connectivity index (χ1n) is 17.6. The van der Waals surface area contributed by atoms with E-state index in [0.29, 0.717) is 0 Å². The molecule has 3 aliphatic rings. The van der Waals surface area contributed by atoms with Gasteiger partial charge in [0.2, 0.25) is 0 Å². The van der Waals surface area contributed by atoms with Crippen molar-refractivity contribution in [2.24, 2.45) is 11.8 Å². The second kappa shape index (κ2) is 20.8. The standard InChI is InChI=1S/C34H66N2/c1-2-4-7-11-15-19-27-35-29-22-26-34(32-35)24-18-14-10-6-8-12-16-20-28-36-30-21-25-33(31-36)23-17-13-9-5-3-1/h33-34H,1-32H2/p+2. The van der Waals surface area contributed by atoms with Crippen molar-refractivity contribution in [3.8, 4) is 0 Å². The van der Waals surface area contributed by atoms with Crippen LogP contribution in [0.2, 0.25) is 0 Å². The van der Waals surface area contributed by atoms with Crippen LogP contribution in [0.3, 0.4) is 0 Å². The molecule has 3 aliphatic heterocycles. The van der Waals surface area contributed by atoms with Crippen LogP contribution in [0.25, 0.3) is 0 Å². The van der Waals surface area contributed by atoms with Gasteiger partial charge in [0.05, 0.1) is 39.3 Å². The van der Waals surface area contributed by atoms with Gasteiger partial charge in [-0.2, -0.15) is 0 Å². The smallest absolute Gasteiger partial charge is 0.0799 e. The van der Waals surface area contributed by atoms with Gasteiger partial charge in [-0.25, -0.2) is 0 Å². The summed E-state index contributed by atoms with van der Waals surface area (Å²) in [6, 6.07) is 0. The number of hydrogen-bond acceptors (Lipinski definition) is 0. The third-order valence-electron chi connectivity index (χ3n) is 10.2. The van der Waals surface area contributed by atoms with Crippen LogP contribution in [-0.4, -0.2) is 39.3 Å². The first kappa shape index (κ1) is 30.5. The highest BCUT2D eigenvalue weighted by molar-refractivity contribution is 4.64. The van der Waals surface area contributed by atoms with E-state index >= 15 is 0 Å². The first-order valence-corrected chi connectivity index (χ1v) is 17.6. The monoisotopic (exact) mass is 505 g/mol. The highest BCUT2D eigenvalue weighted by Crippen LogP contribution is 2.19. The molecule has 0 aliphatic carbocycles. The van der Waals surface area contributed by atoms with Crippen LogP contribution in [0.15, 0.2) is 0 Å². The van der Waals surface area contributed by atoms with E-state index < -0.39 is 0 Å². The number of nitrogens with one attached hydrogen (secondary N) is 2. The van der Waals surface area contributed by atoms with E-state index in [-0.39, 0.29) is 0 Å². The Bertz CT molecular complexity index is 448. The summed E-state index contributed by atoms with van der Waals surface area (Å²) in [5.74, 6) is 2.10. The normalized spacial score (nSPS) is 33.3. The third-order valence-corrected chi connectivity index (χ3v) is 10.2. The van der Waals surface area contributed by atoms with Gasteiger partial charge in [0.25, 0.3) is 0 Å². The Balaban J connectivity index is 1.29. The van der Waals surface area contributed by atoms with Crippen LogP contribution in [0.5, 0.6) is 0 Å². The Kier molecular flexibility index (Phi) is 17.6. The molecule has 0 radical (unpaired) electrons. The Labute approximate surface area is 227 Å². The minimum Gasteiger partial charge on any atom is -0.335 e. The maximum absolute atomic E-state index is 1.95. The number of piperidine rings is 2. The molecule has 212 valence electrons. The zero-order chi connectivity index (χ0) is 24.9. The summed E-state index contributed by atoms with van der Waals surface area (Å²) in [7, 11) is 0. The molecule has 4 bridgehead atoms. The maximum Gasteiger partial charge on any atom is 0.0799 e. The molecule has 0 aromatic rings. The third kappa shape index (κ3) is 14.8. The molecule has 3 rings (SSSR count). The number of hydrogen-bond donors (Lipinski definition) is 2. The van der Waals surface area contributed by atoms with Gasteiger partial charge >= 0.3 is 0 Å². The van der Waals surface area contributed by atoms with Gasteiger partial charge in [0, 0.05) is 11.8 Å². The molecule has 2 heteroatoms. The zero-order valence-corrected chi connectivity index (χ0v) is 24.8. The summed E-state index contributed by atoms with van der Waals surface area (Å²) < 4.78 is 0. The molecular formula is C34H68N2+2. The minimum atomic E-state index is 1.05. The summed E-state index contributed by atoms with van der Waals surface area (Å²) in [5.41, 5.74) is 0. The fourth-order valence-electron chi connectivity index (χ4n) is 7.90. The predicted octanol–water partition coefficient (Wildman–Crippen LogP) is 7.17. The zero-order valence-electron chi connectivity index (χ0n) is 24.8. The Hall–Kier alpha value is -0.0800. The summed E-state index contributed by atoms with van der Waals surface area (Å²) in [4.78, 5) is 3.90. The lowest BCUT2D eigenvalue weighted by Gasteiger charge is -2.30. The largest absolute Gasteiger partial charge is 0.335 e. The molecule has 3 heterocycles. The molecule has 0 amide bonds. The second-order valence-corrected chi connectivity index (χ2v) is 13.6. The van der Waals surface area contributed by atoms with Crippen molar-refractivity contribution in [1.82, 2.24) is 0 Å². The van der Waals surface area contributed by atoms with E-state index in [1.54, 1.807) is 0 Å². The number of quaternary nitrogens is 2. The molecule has 3 saturated heterocycles. The van der Waals surface area contributed by atoms with E-state index in [9.17, 15) is 0 Å². The molecule has 36 heavy (non-hydrogen) atoms. The molecule has 0 aromatic heterocycles. The van der Waals surface area contributed by atoms with Crippen LogP contribution < -0.4 is 9.80 Å². The van der Waals surface area contributed by atoms with Crippen molar-refractivity contribution in [2.45, 2.75) is 167 Å². The number of rotatable bonds is 0. The van der Waals surface area contributed by atoms with Crippen molar-refractivity contribution in [3.05, 3.63) is 0 Å². The van der Waals surface area contributed by atoms with Gasteiger partial charge in [-0.3, -0.25) is 0 Å². The van der Waals surface area contributed by atoms with Gasteiger partial charge in [0.15, 0.2) is 0 Å². The molecular weight excluding hydrogens is 436 g/mol. The molecule has 3 fully saturated rings. The minimum absolute atomic E-state index is 1.05. The van der Waals surface area contributed by atoms with Crippen molar-refractivity contribution in [3.63, 3.8) is 0 Å². The van der Waals surface area contributed by atoms with Gasteiger partial charge in [-0.05, 0) is 64.2 Å². The predicted molar refractivity (Wildman–Crippen MR) is 158 cm³/mol. The van der Waals surface area contributed by atoms with Gasteiger partial charge in [-0.1, -0.05) is 103 Å². The van der Waals surface area contributed by atoms with E-state index in [2.05, 4.69) is 0 Å². The fraction of sp³-hybridized carbons (Fsp3) is 1.00. The van der Waals surface area contributed by atoms with Crippen molar-refractivity contribution in [2.75, 3.05) is 39.3 Å². The molecule has 2 nitrogen and oxygen atoms in total. The Morgan fingerprint density at radius 1 is 0.250 bits per heavy atom. The van der Waals surface area contributed by atoms with Crippen molar-refractivity contribution < 1.29 is 9.80 Å². The van der Waals surface area contributed by atoms with Crippen molar-refractivity contribution in [1.29, 1.82) is 0 Å². The van der Waals surface area contributed by atoms with Crippen LogP contribution in [0.1, 0.15) is 167 Å². The van der Waals surface area contributed by atoms with Gasteiger partial charge in [-0.15, -0.1) is 0 Å². The van der Waals surface area contributed by atoms with Crippen LogP contribution in [-0.2, 0) is 0 Å². The highest BCUT2D eigenvalue weighted by atomic mass is 15.1. The Morgan fingerprint density at radius 2 is 0.500 bits per heavy atom. The lowest BCUT2D eigenvalue weighted by molar-refractivity contribution is -0.909. The first-order chi connectivity index (χ1) is 17.9. The highest BCUT2D eigenvalue weighted by Gasteiger charge is 2.23. The van der Waals surface area contributed by atoms with Crippen LogP contribution in [0, 0.1) is 11.8 Å². The quantitative estimate of drug-likeness (QED) is 0.346. The lowest BCUT2D eigenvalue weighted by atomic mass is 9.91. The molecule has 4 unspecified atom stereocenters. The molecule has 0 spiro atoms. The van der Waals surface area contributed by atoms with Gasteiger partial charge in [0.1, 0.15) is 0 Å². The molecule has 0 saturated carbocycles. The summed E-state index contributed by atoms with van der Waals surface area (Å²) in [5, 5.41) is 0. The van der Waals surface area contributed by atoms with Crippen LogP contribution in [0.4, 0.5) is 0 Å².